The first-order valence-electron chi connectivity index (χ1n) is 4.76. The summed E-state index contributed by atoms with van der Waals surface area (Å²) in [5.74, 6) is -1.02. The van der Waals surface area contributed by atoms with E-state index in [1.54, 1.807) is 0 Å². The van der Waals surface area contributed by atoms with Crippen molar-refractivity contribution in [3.8, 4) is 0 Å². The Hall–Kier alpha value is -1.86. The number of nitrogens with one attached hydrogen (secondary N) is 1. The molecule has 5 nitrogen and oxygen atoms in total. The standard InChI is InChI=1S/C9H8F3N3O2/c10-9(11,12)5-1-2-6(15-14-5)13-8(3-4-8)7(16)17/h1-2H,3-4H2,(H,13,15)(H,16,17). The van der Waals surface area contributed by atoms with E-state index in [9.17, 15) is 18.0 Å². The monoisotopic (exact) mass is 247 g/mol. The Kier molecular flexibility index (Phi) is 2.44. The summed E-state index contributed by atoms with van der Waals surface area (Å²) in [5.41, 5.74) is -2.20. The molecule has 0 aromatic carbocycles. The molecule has 0 aliphatic heterocycles. The SMILES string of the molecule is O=C(O)C1(Nc2ccc(C(F)(F)F)nn2)CC1. The van der Waals surface area contributed by atoms with Crippen molar-refractivity contribution >= 4 is 11.8 Å². The molecular weight excluding hydrogens is 239 g/mol. The minimum Gasteiger partial charge on any atom is -0.480 e. The van der Waals surface area contributed by atoms with Gasteiger partial charge in [0.1, 0.15) is 11.4 Å². The maximum Gasteiger partial charge on any atom is 0.435 e. The van der Waals surface area contributed by atoms with E-state index in [4.69, 9.17) is 5.11 Å². The molecule has 1 aliphatic rings. The van der Waals surface area contributed by atoms with Crippen LogP contribution >= 0.6 is 0 Å². The van der Waals surface area contributed by atoms with Crippen LogP contribution in [-0.2, 0) is 11.0 Å². The molecule has 2 N–H and O–H groups in total. The van der Waals surface area contributed by atoms with E-state index in [2.05, 4.69) is 15.5 Å². The highest BCUT2D eigenvalue weighted by atomic mass is 19.4. The van der Waals surface area contributed by atoms with Gasteiger partial charge in [-0.05, 0) is 25.0 Å². The average molecular weight is 247 g/mol. The summed E-state index contributed by atoms with van der Waals surface area (Å²) < 4.78 is 36.5. The van der Waals surface area contributed by atoms with E-state index in [1.807, 2.05) is 0 Å². The molecule has 8 heteroatoms. The molecule has 1 fully saturated rings. The Morgan fingerprint density at radius 2 is 2.00 bits per heavy atom. The molecule has 1 saturated carbocycles. The van der Waals surface area contributed by atoms with Gasteiger partial charge in [0.15, 0.2) is 5.69 Å². The maximum atomic E-state index is 12.2. The number of anilines is 1. The van der Waals surface area contributed by atoms with Crippen LogP contribution in [0.15, 0.2) is 12.1 Å². The summed E-state index contributed by atoms with van der Waals surface area (Å²) in [5, 5.41) is 17.7. The molecule has 2 rings (SSSR count). The number of carboxylic acids is 1. The second-order valence-electron chi connectivity index (χ2n) is 3.81. The molecule has 0 spiro atoms. The van der Waals surface area contributed by atoms with Crippen LogP contribution in [0.2, 0.25) is 0 Å². The van der Waals surface area contributed by atoms with E-state index in [1.165, 1.54) is 0 Å². The van der Waals surface area contributed by atoms with Crippen LogP contribution in [0.5, 0.6) is 0 Å². The fraction of sp³-hybridized carbons (Fsp3) is 0.444. The first-order valence-corrected chi connectivity index (χ1v) is 4.76. The number of nitrogens with zero attached hydrogens (tertiary/aromatic N) is 2. The average Bonchev–Trinajstić information content (AvgIpc) is 2.98. The number of carboxylic acid groups (broad SMARTS) is 1. The topological polar surface area (TPSA) is 75.1 Å². The van der Waals surface area contributed by atoms with Gasteiger partial charge in [0.25, 0.3) is 0 Å². The van der Waals surface area contributed by atoms with Gasteiger partial charge in [0.2, 0.25) is 0 Å². The van der Waals surface area contributed by atoms with Gasteiger partial charge in [-0.25, -0.2) is 4.79 Å². The summed E-state index contributed by atoms with van der Waals surface area (Å²) in [4.78, 5) is 10.8. The number of rotatable bonds is 3. The quantitative estimate of drug-likeness (QED) is 0.847. The molecule has 1 aliphatic carbocycles. The summed E-state index contributed by atoms with van der Waals surface area (Å²) in [7, 11) is 0. The van der Waals surface area contributed by atoms with Crippen molar-refractivity contribution < 1.29 is 23.1 Å². The van der Waals surface area contributed by atoms with E-state index in [0.29, 0.717) is 12.8 Å². The molecule has 0 unspecified atom stereocenters. The number of alkyl halides is 3. The molecular formula is C9H8F3N3O2. The number of hydrogen-bond acceptors (Lipinski definition) is 4. The number of carbonyl (C=O) groups is 1. The lowest BCUT2D eigenvalue weighted by atomic mass is 10.2. The predicted molar refractivity (Wildman–Crippen MR) is 50.3 cm³/mol. The highest BCUT2D eigenvalue weighted by molar-refractivity contribution is 5.85. The van der Waals surface area contributed by atoms with Crippen LogP contribution in [0, 0.1) is 0 Å². The zero-order chi connectivity index (χ0) is 12.7. The van der Waals surface area contributed by atoms with Crippen molar-refractivity contribution in [2.75, 3.05) is 5.32 Å². The van der Waals surface area contributed by atoms with Crippen molar-refractivity contribution in [1.29, 1.82) is 0 Å². The van der Waals surface area contributed by atoms with Crippen molar-refractivity contribution in [2.24, 2.45) is 0 Å². The molecule has 0 saturated heterocycles. The molecule has 0 atom stereocenters. The fourth-order valence-corrected chi connectivity index (χ4v) is 1.31. The third-order valence-corrected chi connectivity index (χ3v) is 2.48. The van der Waals surface area contributed by atoms with Crippen LogP contribution < -0.4 is 5.32 Å². The number of halogens is 3. The summed E-state index contributed by atoms with van der Waals surface area (Å²) in [6, 6.07) is 1.83. The second kappa shape index (κ2) is 3.57. The first-order chi connectivity index (χ1) is 7.83. The van der Waals surface area contributed by atoms with Crippen LogP contribution in [-0.4, -0.2) is 26.8 Å². The number of hydrogen-bond donors (Lipinski definition) is 2. The van der Waals surface area contributed by atoms with Gasteiger partial charge in [0.05, 0.1) is 0 Å². The highest BCUT2D eigenvalue weighted by Gasteiger charge is 2.50. The maximum absolute atomic E-state index is 12.2. The van der Waals surface area contributed by atoms with Crippen molar-refractivity contribution in [3.05, 3.63) is 17.8 Å². The fourth-order valence-electron chi connectivity index (χ4n) is 1.31. The Morgan fingerprint density at radius 3 is 2.35 bits per heavy atom. The van der Waals surface area contributed by atoms with Gasteiger partial charge in [-0.2, -0.15) is 13.2 Å². The van der Waals surface area contributed by atoms with Crippen LogP contribution in [0.25, 0.3) is 0 Å². The Labute approximate surface area is 93.7 Å². The van der Waals surface area contributed by atoms with Gasteiger partial charge < -0.3 is 10.4 Å². The molecule has 0 bridgehead atoms. The summed E-state index contributed by atoms with van der Waals surface area (Å²) >= 11 is 0. The van der Waals surface area contributed by atoms with Crippen LogP contribution in [0.1, 0.15) is 18.5 Å². The molecule has 17 heavy (non-hydrogen) atoms. The lowest BCUT2D eigenvalue weighted by Crippen LogP contribution is -2.32. The van der Waals surface area contributed by atoms with Gasteiger partial charge in [-0.15, -0.1) is 10.2 Å². The normalized spacial score (nSPS) is 17.6. The second-order valence-corrected chi connectivity index (χ2v) is 3.81. The van der Waals surface area contributed by atoms with Crippen molar-refractivity contribution in [3.63, 3.8) is 0 Å². The van der Waals surface area contributed by atoms with Crippen molar-refractivity contribution in [2.45, 2.75) is 24.6 Å². The highest BCUT2D eigenvalue weighted by Crippen LogP contribution is 2.38. The van der Waals surface area contributed by atoms with Crippen molar-refractivity contribution in [1.82, 2.24) is 10.2 Å². The molecule has 1 aromatic heterocycles. The first kappa shape index (κ1) is 11.6. The minimum atomic E-state index is -4.55. The molecule has 0 radical (unpaired) electrons. The third-order valence-electron chi connectivity index (χ3n) is 2.48. The summed E-state index contributed by atoms with van der Waals surface area (Å²) in [6.45, 7) is 0. The van der Waals surface area contributed by atoms with E-state index >= 15 is 0 Å². The van der Waals surface area contributed by atoms with Gasteiger partial charge >= 0.3 is 12.1 Å². The lowest BCUT2D eigenvalue weighted by Gasteiger charge is -2.12. The lowest BCUT2D eigenvalue weighted by molar-refractivity contribution is -0.142. The smallest absolute Gasteiger partial charge is 0.435 e. The number of aromatic nitrogens is 2. The predicted octanol–water partition coefficient (Wildman–Crippen LogP) is 1.52. The zero-order valence-electron chi connectivity index (χ0n) is 8.45. The minimum absolute atomic E-state index is 0.0258. The van der Waals surface area contributed by atoms with Gasteiger partial charge in [0, 0.05) is 0 Å². The Bertz CT molecular complexity index is 440. The molecule has 92 valence electrons. The van der Waals surface area contributed by atoms with Crippen LogP contribution in [0.3, 0.4) is 0 Å². The Balaban J connectivity index is 2.12. The van der Waals surface area contributed by atoms with E-state index in [-0.39, 0.29) is 5.82 Å². The van der Waals surface area contributed by atoms with E-state index < -0.39 is 23.4 Å². The third kappa shape index (κ3) is 2.29. The van der Waals surface area contributed by atoms with Gasteiger partial charge in [-0.1, -0.05) is 0 Å². The molecule has 1 aromatic rings. The summed E-state index contributed by atoms with van der Waals surface area (Å²) in [6.07, 6.45) is -3.70. The molecule has 0 amide bonds. The van der Waals surface area contributed by atoms with E-state index in [0.717, 1.165) is 12.1 Å². The molecule has 1 heterocycles. The number of aliphatic carboxylic acids is 1. The van der Waals surface area contributed by atoms with Gasteiger partial charge in [-0.3, -0.25) is 0 Å². The van der Waals surface area contributed by atoms with Crippen LogP contribution in [0.4, 0.5) is 19.0 Å². The Morgan fingerprint density at radius 1 is 1.35 bits per heavy atom. The largest absolute Gasteiger partial charge is 0.480 e. The zero-order valence-corrected chi connectivity index (χ0v) is 8.45.